The molecule has 4 aliphatic rings. The molecule has 0 radical (unpaired) electrons. The highest BCUT2D eigenvalue weighted by molar-refractivity contribution is 6.93. The van der Waals surface area contributed by atoms with E-state index in [4.69, 9.17) is 4.42 Å². The van der Waals surface area contributed by atoms with Crippen molar-refractivity contribution in [2.45, 2.75) is 110 Å². The first kappa shape index (κ1) is 40.7. The van der Waals surface area contributed by atoms with Gasteiger partial charge < -0.3 is 14.1 Å². The number of aryl methyl sites for hydroxylation is 1. The zero-order chi connectivity index (χ0) is 45.9. The summed E-state index contributed by atoms with van der Waals surface area (Å²) in [4.78, 5) is 5.31. The molecular weight excluding hydrogens is 812 g/mol. The van der Waals surface area contributed by atoms with E-state index in [1.54, 1.807) is 0 Å². The molecule has 0 N–H and O–H groups in total. The quantitative estimate of drug-likeness (QED) is 0.165. The normalized spacial score (nSPS) is 18.1. The molecule has 8 aromatic carbocycles. The summed E-state index contributed by atoms with van der Waals surface area (Å²) in [5.41, 5.74) is 21.5. The molecule has 1 aromatic heterocycles. The molecule has 13 rings (SSSR count). The maximum absolute atomic E-state index is 7.72. The van der Waals surface area contributed by atoms with E-state index in [1.165, 1.54) is 112 Å². The zero-order valence-electron chi connectivity index (χ0n) is 40.6. The fraction of sp³-hybridized carbons (Fsp3) is 0.270. The number of hydrogen-bond acceptors (Lipinski definition) is 3. The summed E-state index contributed by atoms with van der Waals surface area (Å²) >= 11 is 0. The van der Waals surface area contributed by atoms with Crippen molar-refractivity contribution in [3.8, 4) is 22.3 Å². The van der Waals surface area contributed by atoms with Gasteiger partial charge in [0.25, 0.3) is 0 Å². The maximum Gasteiger partial charge on any atom is 0.375 e. The van der Waals surface area contributed by atoms with Crippen LogP contribution in [0.3, 0.4) is 0 Å². The first-order chi connectivity index (χ1) is 32.1. The van der Waals surface area contributed by atoms with E-state index in [0.29, 0.717) is 0 Å². The number of fused-ring (bicyclic) bond motifs is 12. The smallest absolute Gasteiger partial charge is 0.375 e. The molecule has 0 saturated heterocycles. The minimum absolute atomic E-state index is 0.0230. The molecule has 3 heterocycles. The standard InChI is InChI=1S/C63H59BN2O/c1-38-33-48-50(62(6,7)31-29-60(48,2)3)36-53(38)65-57-45-22-16-14-20-42(45)34-47-55-44-21-15-13-19-41(44)25-28-52(55)66(43-26-23-40(24-27-43)39-17-11-10-12-18-39)64(56(47)57)59-58(65)46-35-49-51(37-54(46)67-59)63(8,9)32-30-61(49,4)5/h10-28,33-37H,29-32H2,1-9H3. The summed E-state index contributed by atoms with van der Waals surface area (Å²) in [7, 11) is 0. The van der Waals surface area contributed by atoms with Gasteiger partial charge in [-0.05, 0) is 163 Å². The molecule has 0 unspecified atom stereocenters. The Morgan fingerprint density at radius 1 is 0.478 bits per heavy atom. The molecule has 2 aliphatic carbocycles. The van der Waals surface area contributed by atoms with Crippen molar-refractivity contribution in [3.05, 3.63) is 173 Å². The Morgan fingerprint density at radius 3 is 1.73 bits per heavy atom. The highest BCUT2D eigenvalue weighted by Gasteiger charge is 2.51. The van der Waals surface area contributed by atoms with Crippen LogP contribution < -0.4 is 20.8 Å². The highest BCUT2D eigenvalue weighted by Crippen LogP contribution is 2.56. The van der Waals surface area contributed by atoms with Gasteiger partial charge >= 0.3 is 6.85 Å². The first-order valence-electron chi connectivity index (χ1n) is 24.7. The lowest BCUT2D eigenvalue weighted by Crippen LogP contribution is -2.61. The van der Waals surface area contributed by atoms with Crippen LogP contribution in [0.5, 0.6) is 0 Å². The average molecular weight is 871 g/mol. The Hall–Kier alpha value is -6.52. The minimum atomic E-state index is -0.254. The van der Waals surface area contributed by atoms with Crippen LogP contribution in [0.4, 0.5) is 28.4 Å². The van der Waals surface area contributed by atoms with Crippen molar-refractivity contribution in [2.24, 2.45) is 0 Å². The number of hydrogen-bond donors (Lipinski definition) is 0. The van der Waals surface area contributed by atoms with Crippen molar-refractivity contribution in [1.29, 1.82) is 0 Å². The second-order valence-electron chi connectivity index (χ2n) is 23.0. The largest absolute Gasteiger partial charge is 0.466 e. The van der Waals surface area contributed by atoms with Crippen molar-refractivity contribution in [1.82, 2.24) is 0 Å². The molecule has 3 nitrogen and oxygen atoms in total. The van der Waals surface area contributed by atoms with Crippen LogP contribution >= 0.6 is 0 Å². The topological polar surface area (TPSA) is 19.6 Å². The third kappa shape index (κ3) is 5.78. The molecule has 330 valence electrons. The van der Waals surface area contributed by atoms with E-state index in [2.05, 4.69) is 218 Å². The van der Waals surface area contributed by atoms with E-state index in [-0.39, 0.29) is 28.5 Å². The summed E-state index contributed by atoms with van der Waals surface area (Å²) in [6.07, 6.45) is 4.62. The van der Waals surface area contributed by atoms with Crippen LogP contribution in [-0.4, -0.2) is 6.85 Å². The number of rotatable bonds is 3. The van der Waals surface area contributed by atoms with E-state index in [0.717, 1.165) is 36.2 Å². The SMILES string of the molecule is Cc1cc2c(cc1N1c3c4c(cc5ccccc35)-c3c(ccc5ccccc35)N(c3ccc(-c5ccccc5)cc3)B4c3oc4cc5c(cc4c31)C(C)(C)CCC5(C)C)C(C)(C)CCC2(C)C. The summed E-state index contributed by atoms with van der Waals surface area (Å²) in [5, 5.41) is 6.19. The molecule has 0 spiro atoms. The summed E-state index contributed by atoms with van der Waals surface area (Å²) in [6, 6.07) is 55.5. The Bertz CT molecular complexity index is 3550. The molecule has 0 fully saturated rings. The van der Waals surface area contributed by atoms with Crippen LogP contribution in [0.2, 0.25) is 0 Å². The van der Waals surface area contributed by atoms with Gasteiger partial charge in [-0.1, -0.05) is 159 Å². The predicted molar refractivity (Wildman–Crippen MR) is 286 cm³/mol. The van der Waals surface area contributed by atoms with Crippen molar-refractivity contribution < 1.29 is 4.42 Å². The predicted octanol–water partition coefficient (Wildman–Crippen LogP) is 16.1. The summed E-state index contributed by atoms with van der Waals surface area (Å²) < 4.78 is 7.72. The van der Waals surface area contributed by atoms with Gasteiger partial charge in [-0.2, -0.15) is 0 Å². The van der Waals surface area contributed by atoms with E-state index >= 15 is 0 Å². The maximum atomic E-state index is 7.72. The average Bonchev–Trinajstić information content (AvgIpc) is 3.70. The van der Waals surface area contributed by atoms with Crippen LogP contribution in [0.1, 0.15) is 109 Å². The lowest BCUT2D eigenvalue weighted by molar-refractivity contribution is 0.332. The fourth-order valence-corrected chi connectivity index (χ4v) is 12.9. The van der Waals surface area contributed by atoms with Gasteiger partial charge in [-0.15, -0.1) is 0 Å². The number of furan rings is 1. The second-order valence-corrected chi connectivity index (χ2v) is 23.0. The van der Waals surface area contributed by atoms with Crippen LogP contribution in [0.15, 0.2) is 150 Å². The Balaban J connectivity index is 1.20. The Labute approximate surface area is 396 Å². The molecule has 0 bridgehead atoms. The third-order valence-electron chi connectivity index (χ3n) is 17.0. The first-order valence-corrected chi connectivity index (χ1v) is 24.7. The van der Waals surface area contributed by atoms with Gasteiger partial charge in [0.2, 0.25) is 0 Å². The van der Waals surface area contributed by atoms with E-state index in [1.807, 2.05) is 0 Å². The molecule has 2 aliphatic heterocycles. The molecule has 0 amide bonds. The highest BCUT2D eigenvalue weighted by atomic mass is 16.3. The van der Waals surface area contributed by atoms with Gasteiger partial charge in [0, 0.05) is 33.4 Å². The Morgan fingerprint density at radius 2 is 1.04 bits per heavy atom. The zero-order valence-corrected chi connectivity index (χ0v) is 40.6. The molecule has 0 saturated carbocycles. The van der Waals surface area contributed by atoms with Gasteiger partial charge in [-0.25, -0.2) is 0 Å². The summed E-state index contributed by atoms with van der Waals surface area (Å²) in [6.45, 7) is 21.7. The number of benzene rings is 8. The molecule has 0 atom stereocenters. The van der Waals surface area contributed by atoms with Crippen molar-refractivity contribution >= 4 is 78.9 Å². The van der Waals surface area contributed by atoms with Gasteiger partial charge in [0.1, 0.15) is 11.2 Å². The van der Waals surface area contributed by atoms with Crippen molar-refractivity contribution in [3.63, 3.8) is 0 Å². The summed E-state index contributed by atoms with van der Waals surface area (Å²) in [5.74, 6) is 0. The molecular formula is C63H59BN2O. The van der Waals surface area contributed by atoms with Gasteiger partial charge in [0.15, 0.2) is 0 Å². The number of anilines is 5. The minimum Gasteiger partial charge on any atom is -0.466 e. The fourth-order valence-electron chi connectivity index (χ4n) is 12.9. The number of nitrogens with zero attached hydrogens (tertiary/aromatic N) is 2. The van der Waals surface area contributed by atoms with Crippen LogP contribution in [-0.2, 0) is 21.7 Å². The molecule has 67 heavy (non-hydrogen) atoms. The third-order valence-corrected chi connectivity index (χ3v) is 17.0. The molecule has 4 heteroatoms. The van der Waals surface area contributed by atoms with Gasteiger partial charge in [0.05, 0.1) is 11.4 Å². The monoisotopic (exact) mass is 870 g/mol. The van der Waals surface area contributed by atoms with E-state index in [9.17, 15) is 0 Å². The van der Waals surface area contributed by atoms with E-state index < -0.39 is 0 Å². The lowest BCUT2D eigenvalue weighted by atomic mass is 9.45. The Kier molecular flexibility index (Phi) is 8.38. The second kappa shape index (κ2) is 13.8. The lowest BCUT2D eigenvalue weighted by Gasteiger charge is -2.46. The van der Waals surface area contributed by atoms with Crippen LogP contribution in [0, 0.1) is 6.92 Å². The molecule has 9 aromatic rings. The van der Waals surface area contributed by atoms with Gasteiger partial charge in [-0.3, -0.25) is 0 Å². The van der Waals surface area contributed by atoms with Crippen molar-refractivity contribution in [2.75, 3.05) is 9.71 Å². The van der Waals surface area contributed by atoms with Crippen LogP contribution in [0.25, 0.3) is 54.8 Å².